The molecule has 2 unspecified atom stereocenters. The van der Waals surface area contributed by atoms with Gasteiger partial charge in [0.15, 0.2) is 0 Å². The zero-order chi connectivity index (χ0) is 14.7. The van der Waals surface area contributed by atoms with Crippen molar-refractivity contribution in [3.63, 3.8) is 0 Å². The summed E-state index contributed by atoms with van der Waals surface area (Å²) < 4.78 is 13.0. The lowest BCUT2D eigenvalue weighted by Crippen LogP contribution is -2.26. The Morgan fingerprint density at radius 1 is 1.40 bits per heavy atom. The van der Waals surface area contributed by atoms with Crippen LogP contribution in [0.1, 0.15) is 20.3 Å². The summed E-state index contributed by atoms with van der Waals surface area (Å²) in [5.74, 6) is 0.844. The van der Waals surface area contributed by atoms with Crippen molar-refractivity contribution in [1.82, 2.24) is 4.90 Å². The van der Waals surface area contributed by atoms with Crippen LogP contribution in [0.3, 0.4) is 0 Å². The van der Waals surface area contributed by atoms with E-state index in [-0.39, 0.29) is 11.6 Å². The minimum Gasteiger partial charge on any atom is -0.396 e. The molecule has 0 saturated carbocycles. The number of rotatable bonds is 4. The van der Waals surface area contributed by atoms with Gasteiger partial charge in [-0.05, 0) is 30.0 Å². The van der Waals surface area contributed by atoms with Crippen LogP contribution < -0.4 is 11.1 Å². The number of benzene rings is 1. The van der Waals surface area contributed by atoms with E-state index in [1.807, 2.05) is 0 Å². The maximum Gasteiger partial charge on any atom is 0.225 e. The third-order valence-corrected chi connectivity index (χ3v) is 4.00. The van der Waals surface area contributed by atoms with E-state index in [1.165, 1.54) is 18.2 Å². The van der Waals surface area contributed by atoms with Crippen LogP contribution in [0.5, 0.6) is 0 Å². The van der Waals surface area contributed by atoms with Gasteiger partial charge in [0.05, 0.1) is 5.69 Å². The minimum absolute atomic E-state index is 0.0463. The number of hydrogen-bond donors (Lipinski definition) is 2. The monoisotopic (exact) mass is 279 g/mol. The predicted octanol–water partition coefficient (Wildman–Crippen LogP) is 2.32. The third-order valence-electron chi connectivity index (χ3n) is 4.00. The lowest BCUT2D eigenvalue weighted by atomic mass is 10.0. The van der Waals surface area contributed by atoms with E-state index in [9.17, 15) is 9.18 Å². The first kappa shape index (κ1) is 14.8. The first-order chi connectivity index (χ1) is 9.45. The van der Waals surface area contributed by atoms with Gasteiger partial charge in [0, 0.05) is 31.7 Å². The van der Waals surface area contributed by atoms with Crippen LogP contribution >= 0.6 is 0 Å². The second kappa shape index (κ2) is 6.22. The average molecular weight is 279 g/mol. The molecule has 1 fully saturated rings. The first-order valence-corrected chi connectivity index (χ1v) is 7.03. The van der Waals surface area contributed by atoms with Crippen LogP contribution in [0.15, 0.2) is 18.2 Å². The molecule has 4 nitrogen and oxygen atoms in total. The highest BCUT2D eigenvalue weighted by molar-refractivity contribution is 5.91. The van der Waals surface area contributed by atoms with Gasteiger partial charge in [0.2, 0.25) is 5.91 Å². The third kappa shape index (κ3) is 3.70. The molecule has 1 aromatic carbocycles. The molecule has 0 aromatic heterocycles. The number of halogens is 1. The lowest BCUT2D eigenvalue weighted by Gasteiger charge is -2.15. The summed E-state index contributed by atoms with van der Waals surface area (Å²) in [6, 6.07) is 4.21. The number of likely N-dealkylation sites (tertiary alicyclic amines) is 1. The van der Waals surface area contributed by atoms with Crippen molar-refractivity contribution in [3.05, 3.63) is 24.0 Å². The average Bonchev–Trinajstić information content (AvgIpc) is 2.71. The molecule has 20 heavy (non-hydrogen) atoms. The van der Waals surface area contributed by atoms with Gasteiger partial charge in [-0.3, -0.25) is 4.79 Å². The maximum absolute atomic E-state index is 13.0. The fourth-order valence-corrected chi connectivity index (χ4v) is 2.54. The molecule has 1 aliphatic heterocycles. The number of nitrogen functional groups attached to an aromatic ring is 1. The smallest absolute Gasteiger partial charge is 0.225 e. The van der Waals surface area contributed by atoms with Gasteiger partial charge in [-0.2, -0.15) is 0 Å². The van der Waals surface area contributed by atoms with Gasteiger partial charge in [-0.15, -0.1) is 0 Å². The quantitative estimate of drug-likeness (QED) is 0.832. The van der Waals surface area contributed by atoms with Gasteiger partial charge >= 0.3 is 0 Å². The van der Waals surface area contributed by atoms with E-state index in [4.69, 9.17) is 5.73 Å². The van der Waals surface area contributed by atoms with Crippen LogP contribution in [-0.2, 0) is 4.79 Å². The van der Waals surface area contributed by atoms with Crippen molar-refractivity contribution in [2.45, 2.75) is 20.3 Å². The highest BCUT2D eigenvalue weighted by Gasteiger charge is 2.25. The van der Waals surface area contributed by atoms with E-state index in [1.54, 1.807) is 0 Å². The number of hydrogen-bond acceptors (Lipinski definition) is 3. The number of anilines is 2. The summed E-state index contributed by atoms with van der Waals surface area (Å²) in [5, 5.41) is 2.74. The van der Waals surface area contributed by atoms with Crippen molar-refractivity contribution in [2.75, 3.05) is 30.7 Å². The number of carbonyl (C=O) groups is 1. The largest absolute Gasteiger partial charge is 0.396 e. The Balaban J connectivity index is 1.79. The predicted molar refractivity (Wildman–Crippen MR) is 78.8 cm³/mol. The Kier molecular flexibility index (Phi) is 4.60. The Bertz CT molecular complexity index is 482. The Morgan fingerprint density at radius 2 is 2.05 bits per heavy atom. The molecular weight excluding hydrogens is 257 g/mol. The summed E-state index contributed by atoms with van der Waals surface area (Å²) >= 11 is 0. The number of nitrogens with zero attached hydrogens (tertiary/aromatic N) is 1. The van der Waals surface area contributed by atoms with Gasteiger partial charge in [-0.25, -0.2) is 4.39 Å². The number of carbonyl (C=O) groups excluding carboxylic acids is 1. The Labute approximate surface area is 119 Å². The van der Waals surface area contributed by atoms with E-state index < -0.39 is 5.82 Å². The minimum atomic E-state index is -0.469. The summed E-state index contributed by atoms with van der Waals surface area (Å²) in [7, 11) is 0. The summed E-state index contributed by atoms with van der Waals surface area (Å²) in [5.41, 5.74) is 6.05. The van der Waals surface area contributed by atoms with Gasteiger partial charge < -0.3 is 16.0 Å². The molecule has 0 bridgehead atoms. The van der Waals surface area contributed by atoms with Crippen LogP contribution in [0, 0.1) is 17.7 Å². The number of nitrogens with one attached hydrogen (secondary N) is 1. The van der Waals surface area contributed by atoms with E-state index in [0.29, 0.717) is 23.9 Å². The zero-order valence-electron chi connectivity index (χ0n) is 12.0. The van der Waals surface area contributed by atoms with Gasteiger partial charge in [0.25, 0.3) is 0 Å². The highest BCUT2D eigenvalue weighted by atomic mass is 19.1. The van der Waals surface area contributed by atoms with Crippen LogP contribution in [-0.4, -0.2) is 30.4 Å². The Hall–Kier alpha value is -1.62. The molecule has 3 N–H and O–H groups in total. The van der Waals surface area contributed by atoms with Gasteiger partial charge in [0.1, 0.15) is 5.82 Å². The van der Waals surface area contributed by atoms with Crippen molar-refractivity contribution in [2.24, 2.45) is 11.8 Å². The maximum atomic E-state index is 13.0. The van der Waals surface area contributed by atoms with Crippen LogP contribution in [0.25, 0.3) is 0 Å². The molecule has 2 rings (SSSR count). The molecule has 5 heteroatoms. The molecule has 2 atom stereocenters. The lowest BCUT2D eigenvalue weighted by molar-refractivity contribution is -0.116. The van der Waals surface area contributed by atoms with E-state index >= 15 is 0 Å². The van der Waals surface area contributed by atoms with Crippen molar-refractivity contribution < 1.29 is 9.18 Å². The second-order valence-corrected chi connectivity index (χ2v) is 5.75. The molecule has 1 aromatic rings. The topological polar surface area (TPSA) is 58.4 Å². The molecule has 0 aliphatic carbocycles. The number of nitrogens with two attached hydrogens (primary N) is 1. The van der Waals surface area contributed by atoms with E-state index in [2.05, 4.69) is 24.1 Å². The van der Waals surface area contributed by atoms with Crippen molar-refractivity contribution in [1.29, 1.82) is 0 Å². The SMILES string of the molecule is CC1CN(CCC(=O)Nc2ccc(F)c(N)c2)CC1C. The molecular formula is C15H22FN3O. The second-order valence-electron chi connectivity index (χ2n) is 5.75. The molecule has 1 saturated heterocycles. The zero-order valence-corrected chi connectivity index (χ0v) is 12.0. The normalized spacial score (nSPS) is 22.9. The fraction of sp³-hybridized carbons (Fsp3) is 0.533. The molecule has 0 spiro atoms. The highest BCUT2D eigenvalue weighted by Crippen LogP contribution is 2.22. The Morgan fingerprint density at radius 3 is 2.65 bits per heavy atom. The molecule has 1 aliphatic rings. The molecule has 0 radical (unpaired) electrons. The summed E-state index contributed by atoms with van der Waals surface area (Å²) in [4.78, 5) is 14.2. The molecule has 1 heterocycles. The number of amides is 1. The summed E-state index contributed by atoms with van der Waals surface area (Å²) in [6.07, 6.45) is 0.441. The molecule has 1 amide bonds. The fourth-order valence-electron chi connectivity index (χ4n) is 2.54. The van der Waals surface area contributed by atoms with E-state index in [0.717, 1.165) is 19.6 Å². The molecule has 110 valence electrons. The first-order valence-electron chi connectivity index (χ1n) is 7.03. The van der Waals surface area contributed by atoms with Gasteiger partial charge in [-0.1, -0.05) is 13.8 Å². The van der Waals surface area contributed by atoms with Crippen molar-refractivity contribution in [3.8, 4) is 0 Å². The van der Waals surface area contributed by atoms with Crippen LogP contribution in [0.2, 0.25) is 0 Å². The van der Waals surface area contributed by atoms with Crippen LogP contribution in [0.4, 0.5) is 15.8 Å². The van der Waals surface area contributed by atoms with Crippen molar-refractivity contribution >= 4 is 17.3 Å². The summed E-state index contributed by atoms with van der Waals surface area (Å²) in [6.45, 7) is 7.35. The standard InChI is InChI=1S/C15H22FN3O/c1-10-8-19(9-11(10)2)6-5-15(20)18-12-3-4-13(16)14(17)7-12/h3-4,7,10-11H,5-6,8-9,17H2,1-2H3,(H,18,20).